The van der Waals surface area contributed by atoms with Crippen molar-refractivity contribution in [1.82, 2.24) is 14.8 Å². The quantitative estimate of drug-likeness (QED) is 0.260. The third-order valence-electron chi connectivity index (χ3n) is 6.99. The van der Waals surface area contributed by atoms with E-state index in [0.29, 0.717) is 39.7 Å². The third kappa shape index (κ3) is 5.79. The molecule has 1 atom stereocenters. The number of Topliss-reactive ketones (excluding diaryl/α,β-unsaturated/α-hetero) is 1. The first-order valence-corrected chi connectivity index (χ1v) is 13.8. The van der Waals surface area contributed by atoms with E-state index in [1.807, 2.05) is 30.3 Å². The SMILES string of the molecule is CCN(CC)CCCN1C(=O)C(O)=C(C(=O)c2sc(-c3ccccc3)nc2C)C1c1ccc(C(=O)OC)cc1. The van der Waals surface area contributed by atoms with Crippen molar-refractivity contribution in [2.75, 3.05) is 33.3 Å². The number of aliphatic hydroxyl groups excluding tert-OH is 1. The van der Waals surface area contributed by atoms with Gasteiger partial charge in [0, 0.05) is 12.1 Å². The number of methoxy groups -OCH3 is 1. The predicted molar refractivity (Wildman–Crippen MR) is 151 cm³/mol. The number of carbonyl (C=O) groups excluding carboxylic acids is 3. The monoisotopic (exact) mass is 547 g/mol. The Hall–Kier alpha value is -3.82. The molecular weight excluding hydrogens is 514 g/mol. The van der Waals surface area contributed by atoms with Gasteiger partial charge in [0.2, 0.25) is 5.78 Å². The van der Waals surface area contributed by atoms with E-state index in [9.17, 15) is 19.5 Å². The number of ketones is 1. The molecule has 204 valence electrons. The van der Waals surface area contributed by atoms with Crippen LogP contribution in [0.3, 0.4) is 0 Å². The van der Waals surface area contributed by atoms with Crippen LogP contribution in [0.4, 0.5) is 0 Å². The fraction of sp³-hybridized carbons (Fsp3) is 0.333. The number of ether oxygens (including phenoxy) is 1. The summed E-state index contributed by atoms with van der Waals surface area (Å²) in [5.41, 5.74) is 2.43. The zero-order valence-electron chi connectivity index (χ0n) is 22.6. The lowest BCUT2D eigenvalue weighted by Crippen LogP contribution is -2.34. The zero-order valence-corrected chi connectivity index (χ0v) is 23.5. The Bertz CT molecular complexity index is 1380. The lowest BCUT2D eigenvalue weighted by atomic mass is 9.94. The summed E-state index contributed by atoms with van der Waals surface area (Å²) in [5.74, 6) is -2.03. The van der Waals surface area contributed by atoms with E-state index in [2.05, 4.69) is 23.7 Å². The van der Waals surface area contributed by atoms with Gasteiger partial charge in [-0.25, -0.2) is 9.78 Å². The van der Waals surface area contributed by atoms with Gasteiger partial charge >= 0.3 is 5.97 Å². The fourth-order valence-electron chi connectivity index (χ4n) is 4.82. The topological polar surface area (TPSA) is 100 Å². The van der Waals surface area contributed by atoms with Gasteiger partial charge in [0.25, 0.3) is 5.91 Å². The largest absolute Gasteiger partial charge is 0.503 e. The summed E-state index contributed by atoms with van der Waals surface area (Å²) in [7, 11) is 1.31. The number of aryl methyl sites for hydroxylation is 1. The summed E-state index contributed by atoms with van der Waals surface area (Å²) in [6, 6.07) is 15.4. The molecule has 0 fully saturated rings. The van der Waals surface area contributed by atoms with E-state index >= 15 is 0 Å². The van der Waals surface area contributed by atoms with Gasteiger partial charge in [0.05, 0.1) is 34.9 Å². The van der Waals surface area contributed by atoms with Crippen molar-refractivity contribution in [2.45, 2.75) is 33.2 Å². The molecule has 2 heterocycles. The minimum absolute atomic E-state index is 0.0278. The highest BCUT2D eigenvalue weighted by Crippen LogP contribution is 2.41. The van der Waals surface area contributed by atoms with E-state index < -0.39 is 29.5 Å². The highest BCUT2D eigenvalue weighted by molar-refractivity contribution is 7.17. The molecule has 1 amide bonds. The van der Waals surface area contributed by atoms with Crippen molar-refractivity contribution in [3.63, 3.8) is 0 Å². The van der Waals surface area contributed by atoms with E-state index in [1.165, 1.54) is 18.4 Å². The normalized spacial score (nSPS) is 15.4. The second kappa shape index (κ2) is 12.4. The molecule has 4 rings (SSSR count). The van der Waals surface area contributed by atoms with E-state index in [1.54, 1.807) is 36.1 Å². The summed E-state index contributed by atoms with van der Waals surface area (Å²) in [5, 5.41) is 11.7. The summed E-state index contributed by atoms with van der Waals surface area (Å²) < 4.78 is 4.81. The molecule has 39 heavy (non-hydrogen) atoms. The maximum atomic E-state index is 14.0. The highest BCUT2D eigenvalue weighted by atomic mass is 32.1. The van der Waals surface area contributed by atoms with Crippen LogP contribution in [0.15, 0.2) is 65.9 Å². The van der Waals surface area contributed by atoms with Crippen molar-refractivity contribution in [1.29, 1.82) is 0 Å². The molecule has 3 aromatic rings. The molecule has 0 saturated heterocycles. The summed E-state index contributed by atoms with van der Waals surface area (Å²) >= 11 is 1.24. The number of esters is 1. The molecule has 0 aliphatic carbocycles. The molecule has 8 nitrogen and oxygen atoms in total. The van der Waals surface area contributed by atoms with Crippen LogP contribution in [0.2, 0.25) is 0 Å². The van der Waals surface area contributed by atoms with Crippen molar-refractivity contribution in [3.05, 3.63) is 87.6 Å². The second-order valence-electron chi connectivity index (χ2n) is 9.29. The maximum Gasteiger partial charge on any atom is 0.337 e. The van der Waals surface area contributed by atoms with Gasteiger partial charge in [-0.3, -0.25) is 9.59 Å². The first-order chi connectivity index (χ1) is 18.8. The zero-order chi connectivity index (χ0) is 28.1. The first kappa shape index (κ1) is 28.2. The van der Waals surface area contributed by atoms with Crippen LogP contribution in [0, 0.1) is 6.92 Å². The van der Waals surface area contributed by atoms with E-state index in [-0.39, 0.29) is 5.57 Å². The van der Waals surface area contributed by atoms with Gasteiger partial charge in [-0.1, -0.05) is 56.3 Å². The Balaban J connectivity index is 1.71. The summed E-state index contributed by atoms with van der Waals surface area (Å²) in [4.78, 5) is 48.1. The number of amides is 1. The van der Waals surface area contributed by atoms with Gasteiger partial charge in [-0.2, -0.15) is 0 Å². The number of hydrogen-bond acceptors (Lipinski definition) is 8. The van der Waals surface area contributed by atoms with E-state index in [0.717, 1.165) is 25.2 Å². The Morgan fingerprint density at radius 3 is 2.36 bits per heavy atom. The van der Waals surface area contributed by atoms with Crippen molar-refractivity contribution < 1.29 is 24.2 Å². The molecule has 1 aliphatic rings. The molecule has 0 spiro atoms. The maximum absolute atomic E-state index is 14.0. The number of carbonyl (C=O) groups is 3. The molecule has 1 aliphatic heterocycles. The molecule has 9 heteroatoms. The first-order valence-electron chi connectivity index (χ1n) is 13.0. The van der Waals surface area contributed by atoms with Gasteiger partial charge in [0.15, 0.2) is 5.76 Å². The van der Waals surface area contributed by atoms with Crippen LogP contribution in [-0.2, 0) is 9.53 Å². The minimum atomic E-state index is -0.796. The fourth-order valence-corrected chi connectivity index (χ4v) is 5.85. The number of benzene rings is 2. The number of aromatic nitrogens is 1. The lowest BCUT2D eigenvalue weighted by Gasteiger charge is -2.28. The van der Waals surface area contributed by atoms with Gasteiger partial charge in [0.1, 0.15) is 5.01 Å². The van der Waals surface area contributed by atoms with Gasteiger partial charge in [-0.05, 0) is 50.7 Å². The molecular formula is C30H33N3O5S. The summed E-state index contributed by atoms with van der Waals surface area (Å²) in [6.45, 7) is 8.85. The number of aliphatic hydroxyl groups is 1. The smallest absolute Gasteiger partial charge is 0.337 e. The van der Waals surface area contributed by atoms with Crippen molar-refractivity contribution >= 4 is 29.0 Å². The van der Waals surface area contributed by atoms with Crippen LogP contribution in [0.5, 0.6) is 0 Å². The Kier molecular flexibility index (Phi) is 8.93. The van der Waals surface area contributed by atoms with Crippen LogP contribution < -0.4 is 0 Å². The molecule has 1 aromatic heterocycles. The van der Waals surface area contributed by atoms with Gasteiger partial charge < -0.3 is 19.6 Å². The lowest BCUT2D eigenvalue weighted by molar-refractivity contribution is -0.129. The number of rotatable bonds is 11. The number of hydrogen-bond donors (Lipinski definition) is 1. The second-order valence-corrected chi connectivity index (χ2v) is 10.3. The predicted octanol–water partition coefficient (Wildman–Crippen LogP) is 5.22. The van der Waals surface area contributed by atoms with Crippen molar-refractivity contribution in [2.24, 2.45) is 0 Å². The van der Waals surface area contributed by atoms with E-state index in [4.69, 9.17) is 4.74 Å². The molecule has 0 bridgehead atoms. The summed E-state index contributed by atoms with van der Waals surface area (Å²) in [6.07, 6.45) is 0.677. The Morgan fingerprint density at radius 2 is 1.74 bits per heavy atom. The number of thiazole rings is 1. The Morgan fingerprint density at radius 1 is 1.08 bits per heavy atom. The standard InChI is InChI=1S/C30H33N3O5S/c1-5-32(6-2)17-10-18-33-24(20-13-15-22(16-14-20)30(37)38-4)23(26(35)29(33)36)25(34)27-19(3)31-28(39-27)21-11-8-7-9-12-21/h7-9,11-16,24,35H,5-6,10,17-18H2,1-4H3. The number of nitrogens with zero attached hydrogens (tertiary/aromatic N) is 3. The van der Waals surface area contributed by atoms with Gasteiger partial charge in [-0.15, -0.1) is 11.3 Å². The average molecular weight is 548 g/mol. The third-order valence-corrected chi connectivity index (χ3v) is 8.19. The van der Waals surface area contributed by atoms with Crippen LogP contribution in [-0.4, -0.2) is 70.8 Å². The van der Waals surface area contributed by atoms with Crippen molar-refractivity contribution in [3.8, 4) is 10.6 Å². The molecule has 2 aromatic carbocycles. The minimum Gasteiger partial charge on any atom is -0.503 e. The van der Waals surface area contributed by atoms with Crippen LogP contribution in [0.25, 0.3) is 10.6 Å². The highest BCUT2D eigenvalue weighted by Gasteiger charge is 2.44. The molecule has 1 N–H and O–H groups in total. The molecule has 0 radical (unpaired) electrons. The molecule has 1 unspecified atom stereocenters. The van der Waals surface area contributed by atoms with Crippen LogP contribution in [0.1, 0.15) is 57.6 Å². The average Bonchev–Trinajstić information content (AvgIpc) is 3.48. The Labute approximate surface area is 232 Å². The van der Waals surface area contributed by atoms with Crippen LogP contribution >= 0.6 is 11.3 Å². The molecule has 0 saturated carbocycles.